The van der Waals surface area contributed by atoms with E-state index in [4.69, 9.17) is 0 Å². The maximum absolute atomic E-state index is 13.0. The first-order valence-electron chi connectivity index (χ1n) is 8.12. The van der Waals surface area contributed by atoms with Crippen molar-refractivity contribution in [1.82, 2.24) is 4.98 Å². The molecule has 0 radical (unpaired) electrons. The third kappa shape index (κ3) is 3.35. The smallest absolute Gasteiger partial charge is 0.258 e. The van der Waals surface area contributed by atoms with Crippen molar-refractivity contribution in [1.29, 1.82) is 0 Å². The fraction of sp³-hybridized carbons (Fsp3) is 0.150. The number of hydrogen-bond acceptors (Lipinski definition) is 3. The van der Waals surface area contributed by atoms with Gasteiger partial charge in [0, 0.05) is 36.1 Å². The number of para-hydroxylation sites is 1. The van der Waals surface area contributed by atoms with Gasteiger partial charge in [0.15, 0.2) is 6.54 Å². The van der Waals surface area contributed by atoms with Gasteiger partial charge in [0.25, 0.3) is 5.91 Å². The highest BCUT2D eigenvalue weighted by Crippen LogP contribution is 2.24. The summed E-state index contributed by atoms with van der Waals surface area (Å²) in [7, 11) is 1.76. The number of anilines is 1. The topological polar surface area (TPSA) is 56.4 Å². The van der Waals surface area contributed by atoms with Gasteiger partial charge in [-0.25, -0.2) is 0 Å². The molecule has 25 heavy (non-hydrogen) atoms. The van der Waals surface area contributed by atoms with Crippen LogP contribution in [0.5, 0.6) is 0 Å². The monoisotopic (exact) mass is 334 g/mol. The Morgan fingerprint density at radius 2 is 1.92 bits per heavy atom. The lowest BCUT2D eigenvalue weighted by Crippen LogP contribution is -2.26. The summed E-state index contributed by atoms with van der Waals surface area (Å²) in [5.41, 5.74) is 2.24. The Hall–Kier alpha value is -3.21. The average Bonchev–Trinajstić information content (AvgIpc) is 2.67. The fourth-order valence-electron chi connectivity index (χ4n) is 2.71. The van der Waals surface area contributed by atoms with Crippen molar-refractivity contribution in [2.24, 2.45) is 0 Å². The van der Waals surface area contributed by atoms with Crippen molar-refractivity contribution in [3.8, 4) is 0 Å². The van der Waals surface area contributed by atoms with E-state index >= 15 is 0 Å². The molecule has 0 fully saturated rings. The molecule has 0 aliphatic rings. The van der Waals surface area contributed by atoms with Crippen LogP contribution in [0.15, 0.2) is 60.9 Å². The van der Waals surface area contributed by atoms with E-state index in [1.807, 2.05) is 49.4 Å². The van der Waals surface area contributed by atoms with E-state index in [1.165, 1.54) is 0 Å². The number of aromatic nitrogens is 1. The number of fused-ring (bicyclic) bond motifs is 1. The first kappa shape index (κ1) is 16.6. The second kappa shape index (κ2) is 7.13. The Bertz CT molecular complexity index is 936. The van der Waals surface area contributed by atoms with Crippen molar-refractivity contribution in [2.45, 2.75) is 6.92 Å². The van der Waals surface area contributed by atoms with Gasteiger partial charge in [-0.05, 0) is 47.4 Å². The van der Waals surface area contributed by atoms with E-state index in [0.29, 0.717) is 12.1 Å². The molecule has 0 atom stereocenters. The summed E-state index contributed by atoms with van der Waals surface area (Å²) in [5.74, 6) is -0.0923. The predicted molar refractivity (Wildman–Crippen MR) is 98.7 cm³/mol. The largest absolute Gasteiger partial charge is 0.311 e. The van der Waals surface area contributed by atoms with E-state index in [-0.39, 0.29) is 5.91 Å². The molecular formula is C20H20N3O2+. The van der Waals surface area contributed by atoms with E-state index in [0.717, 1.165) is 26.8 Å². The van der Waals surface area contributed by atoms with Gasteiger partial charge in [0.2, 0.25) is 6.21 Å². The van der Waals surface area contributed by atoms with Crippen molar-refractivity contribution in [2.75, 3.05) is 18.5 Å². The highest BCUT2D eigenvalue weighted by molar-refractivity contribution is 6.15. The molecule has 1 N–H and O–H groups in total. The van der Waals surface area contributed by atoms with Gasteiger partial charge in [-0.2, -0.15) is 0 Å². The molecule has 5 nitrogen and oxygen atoms in total. The molecule has 3 rings (SSSR count). The molecule has 1 aromatic heterocycles. The molecule has 0 spiro atoms. The Balaban J connectivity index is 2.09. The first-order chi connectivity index (χ1) is 12.1. The lowest BCUT2D eigenvalue weighted by molar-refractivity contribution is -0.768. The molecule has 5 heteroatoms. The Labute approximate surface area is 146 Å². The van der Waals surface area contributed by atoms with Crippen molar-refractivity contribution in [3.05, 3.63) is 72.1 Å². The summed E-state index contributed by atoms with van der Waals surface area (Å²) in [4.78, 5) is 18.8. The Kier molecular flexibility index (Phi) is 4.75. The van der Waals surface area contributed by atoms with Crippen LogP contribution in [-0.4, -0.2) is 40.6 Å². The Morgan fingerprint density at radius 3 is 2.64 bits per heavy atom. The van der Waals surface area contributed by atoms with Crippen LogP contribution < -0.4 is 4.90 Å². The molecule has 0 unspecified atom stereocenters. The minimum absolute atomic E-state index is 0.0923. The highest BCUT2D eigenvalue weighted by atomic mass is 16.5. The number of rotatable bonds is 4. The first-order valence-corrected chi connectivity index (χ1v) is 8.12. The van der Waals surface area contributed by atoms with Crippen molar-refractivity contribution >= 4 is 28.6 Å². The summed E-state index contributed by atoms with van der Waals surface area (Å²) in [6, 6.07) is 15.0. The molecule has 0 aliphatic heterocycles. The molecular weight excluding hydrogens is 314 g/mol. The quantitative estimate of drug-likeness (QED) is 0.344. The minimum Gasteiger partial charge on any atom is -0.311 e. The van der Waals surface area contributed by atoms with E-state index < -0.39 is 0 Å². The lowest BCUT2D eigenvalue weighted by Gasteiger charge is -2.18. The molecule has 0 saturated heterocycles. The van der Waals surface area contributed by atoms with Crippen LogP contribution in [0.3, 0.4) is 0 Å². The number of benzene rings is 2. The van der Waals surface area contributed by atoms with Crippen LogP contribution in [0, 0.1) is 0 Å². The fourth-order valence-corrected chi connectivity index (χ4v) is 2.71. The van der Waals surface area contributed by atoms with Crippen molar-refractivity contribution < 1.29 is 14.7 Å². The van der Waals surface area contributed by atoms with Gasteiger partial charge >= 0.3 is 0 Å². The molecule has 1 heterocycles. The van der Waals surface area contributed by atoms with Gasteiger partial charge < -0.3 is 4.90 Å². The summed E-state index contributed by atoms with van der Waals surface area (Å²) in [6.07, 6.45) is 5.02. The average molecular weight is 334 g/mol. The van der Waals surface area contributed by atoms with Gasteiger partial charge in [-0.3, -0.25) is 15.0 Å². The highest BCUT2D eigenvalue weighted by Gasteiger charge is 2.18. The number of hydroxylamine groups is 1. The van der Waals surface area contributed by atoms with Crippen LogP contribution in [-0.2, 0) is 0 Å². The number of carbonyl (C=O) groups is 1. The van der Waals surface area contributed by atoms with Crippen molar-refractivity contribution in [3.63, 3.8) is 0 Å². The molecule has 0 aliphatic carbocycles. The number of pyridine rings is 1. The van der Waals surface area contributed by atoms with Gasteiger partial charge in [-0.15, -0.1) is 0 Å². The number of hydrogen-bond donors (Lipinski definition) is 1. The molecule has 126 valence electrons. The third-order valence-electron chi connectivity index (χ3n) is 4.14. The zero-order valence-corrected chi connectivity index (χ0v) is 14.3. The molecule has 1 amide bonds. The summed E-state index contributed by atoms with van der Waals surface area (Å²) < 4.78 is 1.11. The lowest BCUT2D eigenvalue weighted by atomic mass is 10.0. The Morgan fingerprint density at radius 1 is 1.16 bits per heavy atom. The summed E-state index contributed by atoms with van der Waals surface area (Å²) >= 11 is 0. The zero-order chi connectivity index (χ0) is 17.8. The number of amides is 1. The standard InChI is InChI=1S/C20H20N3O2/c1-3-23(25)14-15-9-10-18(17-11-12-21-13-19(15)17)20(24)22(2)16-7-5-4-6-8-16/h4-14,25H,3H2,1-2H3/q+1/b23-14-. The van der Waals surface area contributed by atoms with Crippen LogP contribution in [0.25, 0.3) is 10.8 Å². The second-order valence-electron chi connectivity index (χ2n) is 5.71. The minimum atomic E-state index is -0.0923. The molecule has 0 bridgehead atoms. The van der Waals surface area contributed by atoms with Crippen LogP contribution in [0.1, 0.15) is 22.8 Å². The van der Waals surface area contributed by atoms with Gasteiger partial charge in [-0.1, -0.05) is 18.2 Å². The second-order valence-corrected chi connectivity index (χ2v) is 5.71. The SMILES string of the molecule is CC/[N+](O)=C/c1ccc(C(=O)N(C)c2ccccc2)c2ccncc12. The van der Waals surface area contributed by atoms with E-state index in [2.05, 4.69) is 4.98 Å². The van der Waals surface area contributed by atoms with Gasteiger partial charge in [0.05, 0.1) is 5.56 Å². The predicted octanol–water partition coefficient (Wildman–Crippen LogP) is 3.35. The third-order valence-corrected chi connectivity index (χ3v) is 4.14. The van der Waals surface area contributed by atoms with Gasteiger partial charge in [0.1, 0.15) is 0 Å². The maximum Gasteiger partial charge on any atom is 0.258 e. The van der Waals surface area contributed by atoms with E-state index in [1.54, 1.807) is 36.6 Å². The zero-order valence-electron chi connectivity index (χ0n) is 14.3. The summed E-state index contributed by atoms with van der Waals surface area (Å²) in [6.45, 7) is 2.32. The molecule has 3 aromatic rings. The van der Waals surface area contributed by atoms with E-state index in [9.17, 15) is 10.0 Å². The van der Waals surface area contributed by atoms with Crippen LogP contribution in [0.2, 0.25) is 0 Å². The van der Waals surface area contributed by atoms with Crippen LogP contribution in [0.4, 0.5) is 5.69 Å². The maximum atomic E-state index is 13.0. The normalized spacial score (nSPS) is 11.5. The number of carbonyl (C=O) groups excluding carboxylic acids is 1. The number of nitrogens with zero attached hydrogens (tertiary/aromatic N) is 3. The molecule has 2 aromatic carbocycles. The van der Waals surface area contributed by atoms with Crippen LogP contribution >= 0.6 is 0 Å². The molecule has 0 saturated carbocycles. The summed E-state index contributed by atoms with van der Waals surface area (Å²) in [5, 5.41) is 11.4.